The molecule has 5 rings (SSSR count). The van der Waals surface area contributed by atoms with Crippen molar-refractivity contribution in [1.29, 1.82) is 0 Å². The maximum absolute atomic E-state index is 13.5. The lowest BCUT2D eigenvalue weighted by molar-refractivity contribution is 0.152. The second-order valence-corrected chi connectivity index (χ2v) is 12.5. The van der Waals surface area contributed by atoms with Gasteiger partial charge in [0.2, 0.25) is 10.0 Å². The number of piperidine rings is 2. The summed E-state index contributed by atoms with van der Waals surface area (Å²) in [5.41, 5.74) is 2.25. The van der Waals surface area contributed by atoms with Gasteiger partial charge in [0.15, 0.2) is 0 Å². The van der Waals surface area contributed by atoms with Crippen LogP contribution in [0.25, 0.3) is 0 Å². The minimum atomic E-state index is -3.39. The third-order valence-electron chi connectivity index (χ3n) is 7.34. The predicted octanol–water partition coefficient (Wildman–Crippen LogP) is 4.57. The van der Waals surface area contributed by atoms with Crippen LogP contribution in [0.2, 0.25) is 0 Å². The summed E-state index contributed by atoms with van der Waals surface area (Å²) in [5, 5.41) is 0. The average molecular weight is 490 g/mol. The Labute approximate surface area is 201 Å². The van der Waals surface area contributed by atoms with Crippen molar-refractivity contribution in [3.8, 4) is 0 Å². The van der Waals surface area contributed by atoms with Gasteiger partial charge in [-0.2, -0.15) is 4.31 Å². The number of hydrogen-bond acceptors (Lipinski definition) is 5. The molecule has 0 aliphatic carbocycles. The van der Waals surface area contributed by atoms with Gasteiger partial charge < -0.3 is 9.80 Å². The molecule has 2 saturated heterocycles. The first-order chi connectivity index (χ1) is 15.9. The van der Waals surface area contributed by atoms with Gasteiger partial charge in [-0.25, -0.2) is 12.8 Å². The Morgan fingerprint density at radius 3 is 2.36 bits per heavy atom. The van der Waals surface area contributed by atoms with E-state index < -0.39 is 10.0 Å². The molecule has 0 bridgehead atoms. The summed E-state index contributed by atoms with van der Waals surface area (Å²) in [6.07, 6.45) is 4.09. The van der Waals surface area contributed by atoms with E-state index in [1.54, 1.807) is 40.3 Å². The van der Waals surface area contributed by atoms with Crippen LogP contribution in [-0.4, -0.2) is 62.3 Å². The molecule has 3 heterocycles. The summed E-state index contributed by atoms with van der Waals surface area (Å²) < 4.78 is 41.1. The van der Waals surface area contributed by atoms with Crippen molar-refractivity contribution < 1.29 is 12.8 Å². The van der Waals surface area contributed by atoms with Crippen LogP contribution in [0, 0.1) is 18.7 Å². The SMILES string of the molecule is Cc1ccc(S(=O)(=O)N2CCC(CN3CCC(N4CSc5cc(F)ccc54)CC3)CC2)cc1. The van der Waals surface area contributed by atoms with Crippen LogP contribution in [-0.2, 0) is 10.0 Å². The molecule has 3 aliphatic heterocycles. The molecule has 33 heavy (non-hydrogen) atoms. The summed E-state index contributed by atoms with van der Waals surface area (Å²) in [4.78, 5) is 6.47. The Kier molecular flexibility index (Phi) is 6.71. The zero-order valence-electron chi connectivity index (χ0n) is 19.1. The summed E-state index contributed by atoms with van der Waals surface area (Å²) >= 11 is 1.73. The lowest BCUT2D eigenvalue weighted by Gasteiger charge is -2.40. The number of halogens is 1. The molecule has 2 fully saturated rings. The number of likely N-dealkylation sites (tertiary alicyclic amines) is 1. The van der Waals surface area contributed by atoms with Crippen molar-refractivity contribution in [2.75, 3.05) is 43.5 Å². The Bertz CT molecular complexity index is 1080. The van der Waals surface area contributed by atoms with Gasteiger partial charge >= 0.3 is 0 Å². The molecule has 178 valence electrons. The molecule has 0 unspecified atom stereocenters. The molecule has 3 aliphatic rings. The number of benzene rings is 2. The van der Waals surface area contributed by atoms with Crippen LogP contribution in [0.3, 0.4) is 0 Å². The number of fused-ring (bicyclic) bond motifs is 1. The van der Waals surface area contributed by atoms with Gasteiger partial charge in [-0.1, -0.05) is 17.7 Å². The molecule has 5 nitrogen and oxygen atoms in total. The fourth-order valence-corrected chi connectivity index (χ4v) is 7.95. The topological polar surface area (TPSA) is 43.9 Å². The Hall–Kier alpha value is -1.61. The minimum absolute atomic E-state index is 0.157. The van der Waals surface area contributed by atoms with E-state index in [4.69, 9.17) is 0 Å². The number of hydrogen-bond donors (Lipinski definition) is 0. The van der Waals surface area contributed by atoms with E-state index in [2.05, 4.69) is 9.80 Å². The molecule has 0 N–H and O–H groups in total. The van der Waals surface area contributed by atoms with E-state index in [1.165, 1.54) is 5.69 Å². The van der Waals surface area contributed by atoms with Crippen LogP contribution in [0.1, 0.15) is 31.2 Å². The maximum atomic E-state index is 13.5. The van der Waals surface area contributed by atoms with Crippen molar-refractivity contribution in [3.63, 3.8) is 0 Å². The molecule has 2 aromatic rings. The quantitative estimate of drug-likeness (QED) is 0.616. The van der Waals surface area contributed by atoms with Crippen LogP contribution in [0.4, 0.5) is 10.1 Å². The van der Waals surface area contributed by atoms with Crippen LogP contribution in [0.15, 0.2) is 52.3 Å². The van der Waals surface area contributed by atoms with Crippen molar-refractivity contribution in [2.45, 2.75) is 48.4 Å². The van der Waals surface area contributed by atoms with Gasteiger partial charge in [-0.15, -0.1) is 11.8 Å². The highest BCUT2D eigenvalue weighted by Crippen LogP contribution is 2.41. The largest absolute Gasteiger partial charge is 0.358 e. The first-order valence-electron chi connectivity index (χ1n) is 11.9. The number of anilines is 1. The Balaban J connectivity index is 1.10. The molecule has 0 spiro atoms. The first-order valence-corrected chi connectivity index (χ1v) is 14.3. The van der Waals surface area contributed by atoms with Crippen molar-refractivity contribution in [2.24, 2.45) is 5.92 Å². The zero-order valence-corrected chi connectivity index (χ0v) is 20.8. The van der Waals surface area contributed by atoms with E-state index in [0.29, 0.717) is 29.9 Å². The highest BCUT2D eigenvalue weighted by molar-refractivity contribution is 7.99. The standard InChI is InChI=1S/C25H32FN3O2S2/c1-19-2-5-23(6-3-19)33(30,31)28-14-8-20(9-15-28)17-27-12-10-22(11-13-27)29-18-32-25-16-21(26)4-7-24(25)29/h2-7,16,20,22H,8-15,17-18H2,1H3. The summed E-state index contributed by atoms with van der Waals surface area (Å²) in [6.45, 7) is 6.39. The molecule has 0 saturated carbocycles. The Morgan fingerprint density at radius 1 is 0.970 bits per heavy atom. The highest BCUT2D eigenvalue weighted by Gasteiger charge is 2.33. The summed E-state index contributed by atoms with van der Waals surface area (Å²) in [6, 6.07) is 12.8. The third-order valence-corrected chi connectivity index (χ3v) is 10.3. The fourth-order valence-electron chi connectivity index (χ4n) is 5.32. The maximum Gasteiger partial charge on any atom is 0.243 e. The van der Waals surface area contributed by atoms with Gasteiger partial charge in [-0.05, 0) is 68.9 Å². The van der Waals surface area contributed by atoms with Crippen LogP contribution >= 0.6 is 11.8 Å². The van der Waals surface area contributed by atoms with Gasteiger partial charge in [0.25, 0.3) is 0 Å². The molecule has 0 atom stereocenters. The minimum Gasteiger partial charge on any atom is -0.358 e. The van der Waals surface area contributed by atoms with Gasteiger partial charge in [-0.3, -0.25) is 0 Å². The second-order valence-electron chi connectivity index (χ2n) is 9.55. The molecule has 0 amide bonds. The Morgan fingerprint density at radius 2 is 1.67 bits per heavy atom. The lowest BCUT2D eigenvalue weighted by atomic mass is 9.95. The monoisotopic (exact) mass is 489 g/mol. The summed E-state index contributed by atoms with van der Waals surface area (Å²) in [5.74, 6) is 1.31. The highest BCUT2D eigenvalue weighted by atomic mass is 32.2. The fraction of sp³-hybridized carbons (Fsp3) is 0.520. The number of nitrogens with zero attached hydrogens (tertiary/aromatic N) is 3. The number of rotatable bonds is 5. The molecule has 0 radical (unpaired) electrons. The van der Waals surface area contributed by atoms with E-state index in [0.717, 1.165) is 61.7 Å². The summed E-state index contributed by atoms with van der Waals surface area (Å²) in [7, 11) is -3.39. The number of thioether (sulfide) groups is 1. The van der Waals surface area contributed by atoms with Gasteiger partial charge in [0, 0.05) is 43.7 Å². The lowest BCUT2D eigenvalue weighted by Crippen LogP contribution is -2.47. The van der Waals surface area contributed by atoms with Crippen molar-refractivity contribution in [1.82, 2.24) is 9.21 Å². The molecule has 0 aromatic heterocycles. The van der Waals surface area contributed by atoms with E-state index >= 15 is 0 Å². The van der Waals surface area contributed by atoms with E-state index in [-0.39, 0.29) is 5.82 Å². The van der Waals surface area contributed by atoms with Crippen molar-refractivity contribution in [3.05, 3.63) is 53.8 Å². The molecule has 8 heteroatoms. The average Bonchev–Trinajstić information content (AvgIpc) is 3.23. The van der Waals surface area contributed by atoms with Gasteiger partial charge in [0.1, 0.15) is 5.82 Å². The number of aryl methyl sites for hydroxylation is 1. The first kappa shape index (κ1) is 23.1. The smallest absolute Gasteiger partial charge is 0.243 e. The van der Waals surface area contributed by atoms with Crippen LogP contribution in [0.5, 0.6) is 0 Å². The molecular weight excluding hydrogens is 457 g/mol. The third kappa shape index (κ3) is 4.94. The normalized spacial score (nSPS) is 21.5. The molecular formula is C25H32FN3O2S2. The number of sulfonamides is 1. The second kappa shape index (κ2) is 9.56. The van der Waals surface area contributed by atoms with E-state index in [1.807, 2.05) is 25.1 Å². The van der Waals surface area contributed by atoms with Crippen LogP contribution < -0.4 is 4.90 Å². The molecule has 2 aromatic carbocycles. The van der Waals surface area contributed by atoms with Crippen molar-refractivity contribution >= 4 is 27.5 Å². The van der Waals surface area contributed by atoms with E-state index in [9.17, 15) is 12.8 Å². The predicted molar refractivity (Wildman–Crippen MR) is 132 cm³/mol. The van der Waals surface area contributed by atoms with Gasteiger partial charge in [0.05, 0.1) is 16.5 Å². The zero-order chi connectivity index (χ0) is 23.0.